The molecule has 0 nitrogen and oxygen atoms in total. The van der Waals surface area contributed by atoms with Gasteiger partial charge in [0.05, 0.1) is 0 Å². The van der Waals surface area contributed by atoms with Crippen LogP contribution < -0.4 is 0 Å². The minimum absolute atomic E-state index is 0.830. The van der Waals surface area contributed by atoms with Crippen LogP contribution in [0.1, 0.15) is 134 Å². The van der Waals surface area contributed by atoms with Gasteiger partial charge in [0.15, 0.2) is 0 Å². The lowest BCUT2D eigenvalue weighted by Gasteiger charge is -2.31. The second-order valence-corrected chi connectivity index (χ2v) is 10.2. The minimum Gasteiger partial charge on any atom is -0.0654 e. The molecule has 0 aliphatic heterocycles. The molecule has 0 bridgehead atoms. The van der Waals surface area contributed by atoms with Gasteiger partial charge in [-0.25, -0.2) is 0 Å². The lowest BCUT2D eigenvalue weighted by molar-refractivity contribution is 0.255. The Hall–Kier alpha value is -0.780. The van der Waals surface area contributed by atoms with Crippen LogP contribution in [0.25, 0.3) is 0 Å². The molecular weight excluding hydrogens is 336 g/mol. The van der Waals surface area contributed by atoms with Crippen LogP contribution in [0.5, 0.6) is 0 Å². The number of rotatable bonds is 9. The average molecular weight is 383 g/mol. The molecule has 2 aliphatic carbocycles. The van der Waals surface area contributed by atoms with Crippen LogP contribution in [0.4, 0.5) is 0 Å². The van der Waals surface area contributed by atoms with Crippen LogP contribution in [0, 0.1) is 17.8 Å². The van der Waals surface area contributed by atoms with Crippen molar-refractivity contribution in [2.75, 3.05) is 0 Å². The SMILES string of the molecule is CCCCC(CC)CC1CCC(c2ccc(C3CCC(CC)CC3)cc2)CC1. The van der Waals surface area contributed by atoms with E-state index in [1.807, 2.05) is 0 Å². The summed E-state index contributed by atoms with van der Waals surface area (Å²) in [6.45, 7) is 7.10. The fourth-order valence-electron chi connectivity index (χ4n) is 6.13. The Morgan fingerprint density at radius 1 is 0.714 bits per heavy atom. The molecule has 0 heterocycles. The van der Waals surface area contributed by atoms with E-state index in [9.17, 15) is 0 Å². The summed E-state index contributed by atoms with van der Waals surface area (Å²) >= 11 is 0. The Labute approximate surface area is 175 Å². The number of benzene rings is 1. The molecule has 158 valence electrons. The highest BCUT2D eigenvalue weighted by Crippen LogP contribution is 2.41. The van der Waals surface area contributed by atoms with Crippen LogP contribution in [0.2, 0.25) is 0 Å². The molecule has 0 saturated heterocycles. The zero-order valence-electron chi connectivity index (χ0n) is 19.1. The van der Waals surface area contributed by atoms with Crippen molar-refractivity contribution >= 4 is 0 Å². The zero-order chi connectivity index (χ0) is 19.8. The van der Waals surface area contributed by atoms with Crippen molar-refractivity contribution in [2.45, 2.75) is 122 Å². The average Bonchev–Trinajstić information content (AvgIpc) is 2.77. The molecule has 28 heavy (non-hydrogen) atoms. The quantitative estimate of drug-likeness (QED) is 0.399. The summed E-state index contributed by atoms with van der Waals surface area (Å²) in [6, 6.07) is 9.94. The summed E-state index contributed by atoms with van der Waals surface area (Å²) < 4.78 is 0. The van der Waals surface area contributed by atoms with Crippen molar-refractivity contribution in [3.05, 3.63) is 35.4 Å². The lowest BCUT2D eigenvalue weighted by atomic mass is 9.74. The van der Waals surface area contributed by atoms with Gasteiger partial charge in [0.2, 0.25) is 0 Å². The summed E-state index contributed by atoms with van der Waals surface area (Å²) in [7, 11) is 0. The fourth-order valence-corrected chi connectivity index (χ4v) is 6.13. The van der Waals surface area contributed by atoms with E-state index in [0.29, 0.717) is 0 Å². The van der Waals surface area contributed by atoms with Gasteiger partial charge in [-0.05, 0) is 98.5 Å². The normalized spacial score (nSPS) is 29.5. The monoisotopic (exact) mass is 382 g/mol. The maximum absolute atomic E-state index is 2.49. The van der Waals surface area contributed by atoms with Crippen LogP contribution in [0.3, 0.4) is 0 Å². The molecule has 3 rings (SSSR count). The molecule has 0 amide bonds. The van der Waals surface area contributed by atoms with E-state index in [2.05, 4.69) is 45.0 Å². The Bertz CT molecular complexity index is 526. The second-order valence-electron chi connectivity index (χ2n) is 10.2. The fraction of sp³-hybridized carbons (Fsp3) is 0.786. The molecule has 1 unspecified atom stereocenters. The van der Waals surface area contributed by atoms with Gasteiger partial charge in [0.1, 0.15) is 0 Å². The Morgan fingerprint density at radius 3 is 1.64 bits per heavy atom. The molecule has 0 radical (unpaired) electrons. The topological polar surface area (TPSA) is 0 Å². The maximum Gasteiger partial charge on any atom is -0.0162 e. The molecule has 2 fully saturated rings. The van der Waals surface area contributed by atoms with Gasteiger partial charge in [-0.3, -0.25) is 0 Å². The first-order valence-electron chi connectivity index (χ1n) is 12.8. The molecule has 0 heteroatoms. The molecule has 0 N–H and O–H groups in total. The third kappa shape index (κ3) is 6.11. The second kappa shape index (κ2) is 11.4. The first-order chi connectivity index (χ1) is 13.7. The zero-order valence-corrected chi connectivity index (χ0v) is 19.1. The van der Waals surface area contributed by atoms with Crippen molar-refractivity contribution in [1.29, 1.82) is 0 Å². The highest BCUT2D eigenvalue weighted by molar-refractivity contribution is 5.28. The van der Waals surface area contributed by atoms with Gasteiger partial charge in [0.25, 0.3) is 0 Å². The predicted molar refractivity (Wildman–Crippen MR) is 124 cm³/mol. The van der Waals surface area contributed by atoms with E-state index < -0.39 is 0 Å². The number of unbranched alkanes of at least 4 members (excludes halogenated alkanes) is 1. The molecular formula is C28H46. The molecule has 1 atom stereocenters. The summed E-state index contributed by atoms with van der Waals surface area (Å²) in [4.78, 5) is 0. The molecule has 0 spiro atoms. The van der Waals surface area contributed by atoms with E-state index >= 15 is 0 Å². The van der Waals surface area contributed by atoms with Crippen molar-refractivity contribution < 1.29 is 0 Å². The number of hydrogen-bond acceptors (Lipinski definition) is 0. The predicted octanol–water partition coefficient (Wildman–Crippen LogP) is 9.25. The molecule has 2 aliphatic rings. The van der Waals surface area contributed by atoms with E-state index in [1.165, 1.54) is 89.9 Å². The lowest BCUT2D eigenvalue weighted by Crippen LogP contribution is -2.17. The molecule has 1 aromatic rings. The molecule has 2 saturated carbocycles. The maximum atomic E-state index is 2.49. The van der Waals surface area contributed by atoms with Gasteiger partial charge >= 0.3 is 0 Å². The highest BCUT2D eigenvalue weighted by Gasteiger charge is 2.25. The van der Waals surface area contributed by atoms with E-state index in [4.69, 9.17) is 0 Å². The van der Waals surface area contributed by atoms with Crippen LogP contribution >= 0.6 is 0 Å². The first kappa shape index (κ1) is 21.9. The van der Waals surface area contributed by atoms with Gasteiger partial charge in [-0.15, -0.1) is 0 Å². The van der Waals surface area contributed by atoms with Gasteiger partial charge in [0, 0.05) is 0 Å². The summed E-state index contributed by atoms with van der Waals surface area (Å²) in [5.41, 5.74) is 3.25. The van der Waals surface area contributed by atoms with Crippen molar-refractivity contribution in [3.63, 3.8) is 0 Å². The minimum atomic E-state index is 0.830. The smallest absolute Gasteiger partial charge is 0.0162 e. The van der Waals surface area contributed by atoms with Crippen molar-refractivity contribution in [2.24, 2.45) is 17.8 Å². The van der Waals surface area contributed by atoms with Crippen molar-refractivity contribution in [3.8, 4) is 0 Å². The number of hydrogen-bond donors (Lipinski definition) is 0. The summed E-state index contributed by atoms with van der Waals surface area (Å²) in [5.74, 6) is 4.66. The van der Waals surface area contributed by atoms with Gasteiger partial charge in [-0.1, -0.05) is 77.1 Å². The summed E-state index contributed by atoms with van der Waals surface area (Å²) in [6.07, 6.45) is 20.1. The Morgan fingerprint density at radius 2 is 1.21 bits per heavy atom. The third-order valence-corrected chi connectivity index (χ3v) is 8.36. The molecule has 0 aromatic heterocycles. The van der Waals surface area contributed by atoms with Gasteiger partial charge in [-0.2, -0.15) is 0 Å². The highest BCUT2D eigenvalue weighted by atomic mass is 14.3. The Kier molecular flexibility index (Phi) is 8.94. The van der Waals surface area contributed by atoms with Crippen LogP contribution in [-0.2, 0) is 0 Å². The molecule has 1 aromatic carbocycles. The van der Waals surface area contributed by atoms with Crippen LogP contribution in [0.15, 0.2) is 24.3 Å². The van der Waals surface area contributed by atoms with Crippen molar-refractivity contribution in [1.82, 2.24) is 0 Å². The van der Waals surface area contributed by atoms with E-state index in [0.717, 1.165) is 29.6 Å². The van der Waals surface area contributed by atoms with Gasteiger partial charge < -0.3 is 0 Å². The largest absolute Gasteiger partial charge is 0.0654 e. The standard InChI is InChI=1S/C28H46/c1-4-7-8-23(6-3)21-24-11-15-26(16-12-24)28-19-17-27(18-20-28)25-13-9-22(5-2)10-14-25/h17-20,22-26H,4-16,21H2,1-3H3. The Balaban J connectivity index is 1.45. The summed E-state index contributed by atoms with van der Waals surface area (Å²) in [5, 5.41) is 0. The van der Waals surface area contributed by atoms with E-state index in [-0.39, 0.29) is 0 Å². The third-order valence-electron chi connectivity index (χ3n) is 8.36. The van der Waals surface area contributed by atoms with E-state index in [1.54, 1.807) is 11.1 Å². The van der Waals surface area contributed by atoms with Crippen LogP contribution in [-0.4, -0.2) is 0 Å². The first-order valence-corrected chi connectivity index (χ1v) is 12.8.